The standard InChI is InChI=1S/C14H20N2O3/c1-9-7-10(9)12-15-11(19-16-12)8-14(13(17)18)5-3-2-4-6-14/h9-10H,2-8H2,1H3,(H,17,18). The predicted molar refractivity (Wildman–Crippen MR) is 67.7 cm³/mol. The molecule has 3 rings (SSSR count). The van der Waals surface area contributed by atoms with Crippen LogP contribution in [0.1, 0.15) is 63.1 Å². The van der Waals surface area contributed by atoms with E-state index in [1.807, 2.05) is 0 Å². The minimum absolute atomic E-state index is 0.385. The summed E-state index contributed by atoms with van der Waals surface area (Å²) in [5, 5.41) is 13.5. The third-order valence-corrected chi connectivity index (χ3v) is 4.68. The summed E-state index contributed by atoms with van der Waals surface area (Å²) in [6.45, 7) is 2.17. The highest BCUT2D eigenvalue weighted by molar-refractivity contribution is 5.75. The van der Waals surface area contributed by atoms with E-state index in [0.717, 1.165) is 44.3 Å². The van der Waals surface area contributed by atoms with Crippen LogP contribution >= 0.6 is 0 Å². The normalized spacial score (nSPS) is 29.1. The van der Waals surface area contributed by atoms with Crippen LogP contribution in [0.4, 0.5) is 0 Å². The van der Waals surface area contributed by atoms with E-state index in [1.165, 1.54) is 0 Å². The lowest BCUT2D eigenvalue weighted by Gasteiger charge is -2.31. The first-order valence-electron chi connectivity index (χ1n) is 7.17. The molecule has 104 valence electrons. The summed E-state index contributed by atoms with van der Waals surface area (Å²) in [4.78, 5) is 16.0. The van der Waals surface area contributed by atoms with E-state index in [1.54, 1.807) is 0 Å². The maximum Gasteiger partial charge on any atom is 0.310 e. The Bertz CT molecular complexity index is 477. The highest BCUT2D eigenvalue weighted by Crippen LogP contribution is 2.46. The van der Waals surface area contributed by atoms with Crippen molar-refractivity contribution in [1.82, 2.24) is 10.1 Å². The smallest absolute Gasteiger partial charge is 0.310 e. The second-order valence-electron chi connectivity index (χ2n) is 6.19. The van der Waals surface area contributed by atoms with Gasteiger partial charge in [0.2, 0.25) is 5.89 Å². The minimum atomic E-state index is -0.716. The Kier molecular flexibility index (Phi) is 3.07. The maximum absolute atomic E-state index is 11.6. The van der Waals surface area contributed by atoms with E-state index < -0.39 is 11.4 Å². The zero-order valence-corrected chi connectivity index (χ0v) is 11.3. The van der Waals surface area contributed by atoms with E-state index in [2.05, 4.69) is 17.1 Å². The SMILES string of the molecule is CC1CC1c1noc(CC2(C(=O)O)CCCCC2)n1. The van der Waals surface area contributed by atoms with Gasteiger partial charge < -0.3 is 9.63 Å². The average molecular weight is 264 g/mol. The molecule has 0 aliphatic heterocycles. The van der Waals surface area contributed by atoms with E-state index in [4.69, 9.17) is 4.52 Å². The fraction of sp³-hybridized carbons (Fsp3) is 0.786. The highest BCUT2D eigenvalue weighted by Gasteiger charge is 2.42. The van der Waals surface area contributed by atoms with Crippen molar-refractivity contribution in [2.75, 3.05) is 0 Å². The topological polar surface area (TPSA) is 76.2 Å². The Morgan fingerprint density at radius 2 is 2.11 bits per heavy atom. The largest absolute Gasteiger partial charge is 0.481 e. The Hall–Kier alpha value is -1.39. The van der Waals surface area contributed by atoms with E-state index >= 15 is 0 Å². The van der Waals surface area contributed by atoms with Gasteiger partial charge >= 0.3 is 5.97 Å². The van der Waals surface area contributed by atoms with Crippen LogP contribution in [0.3, 0.4) is 0 Å². The molecule has 0 aromatic carbocycles. The third-order valence-electron chi connectivity index (χ3n) is 4.68. The number of carboxylic acid groups (broad SMARTS) is 1. The lowest BCUT2D eigenvalue weighted by Crippen LogP contribution is -2.35. The van der Waals surface area contributed by atoms with Gasteiger partial charge in [-0.25, -0.2) is 0 Å². The van der Waals surface area contributed by atoms with E-state index in [0.29, 0.717) is 24.1 Å². The summed E-state index contributed by atoms with van der Waals surface area (Å²) in [5.41, 5.74) is -0.683. The zero-order chi connectivity index (χ0) is 13.5. The fourth-order valence-corrected chi connectivity index (χ4v) is 3.16. The molecule has 19 heavy (non-hydrogen) atoms. The predicted octanol–water partition coefficient (Wildman–Crippen LogP) is 2.77. The van der Waals surface area contributed by atoms with Crippen molar-refractivity contribution in [3.63, 3.8) is 0 Å². The van der Waals surface area contributed by atoms with Crippen molar-refractivity contribution in [2.45, 2.75) is 57.8 Å². The Morgan fingerprint density at radius 3 is 2.68 bits per heavy atom. The van der Waals surface area contributed by atoms with Crippen LogP contribution in [-0.2, 0) is 11.2 Å². The lowest BCUT2D eigenvalue weighted by atomic mass is 9.72. The molecule has 0 spiro atoms. The number of hydrogen-bond donors (Lipinski definition) is 1. The van der Waals surface area contributed by atoms with E-state index in [-0.39, 0.29) is 0 Å². The molecule has 1 heterocycles. The fourth-order valence-electron chi connectivity index (χ4n) is 3.16. The lowest BCUT2D eigenvalue weighted by molar-refractivity contribution is -0.151. The first kappa shape index (κ1) is 12.6. The van der Waals surface area contributed by atoms with Crippen LogP contribution in [0.25, 0.3) is 0 Å². The van der Waals surface area contributed by atoms with Crippen molar-refractivity contribution in [3.8, 4) is 0 Å². The van der Waals surface area contributed by atoms with Gasteiger partial charge in [0, 0.05) is 12.3 Å². The molecule has 2 atom stereocenters. The Labute approximate surface area is 112 Å². The quantitative estimate of drug-likeness (QED) is 0.904. The van der Waals surface area contributed by atoms with E-state index in [9.17, 15) is 9.90 Å². The number of hydrogen-bond acceptors (Lipinski definition) is 4. The molecule has 5 heteroatoms. The number of nitrogens with zero attached hydrogens (tertiary/aromatic N) is 2. The van der Waals surface area contributed by atoms with Crippen LogP contribution in [0.5, 0.6) is 0 Å². The second kappa shape index (κ2) is 4.62. The molecule has 2 unspecified atom stereocenters. The first-order valence-corrected chi connectivity index (χ1v) is 7.17. The molecule has 1 aromatic rings. The van der Waals surface area contributed by atoms with Crippen LogP contribution in [0.2, 0.25) is 0 Å². The molecule has 1 N–H and O–H groups in total. The van der Waals surface area contributed by atoms with Crippen LogP contribution in [0, 0.1) is 11.3 Å². The number of aromatic nitrogens is 2. The Morgan fingerprint density at radius 1 is 1.42 bits per heavy atom. The monoisotopic (exact) mass is 264 g/mol. The Balaban J connectivity index is 1.74. The van der Waals surface area contributed by atoms with Gasteiger partial charge in [-0.3, -0.25) is 4.79 Å². The molecule has 1 aromatic heterocycles. The van der Waals surface area contributed by atoms with Gasteiger partial charge in [-0.2, -0.15) is 4.98 Å². The summed E-state index contributed by atoms with van der Waals surface area (Å²) in [5.74, 6) is 1.60. The molecule has 2 aliphatic rings. The molecular formula is C14H20N2O3. The summed E-state index contributed by atoms with van der Waals surface area (Å²) in [6.07, 6.45) is 6.03. The summed E-state index contributed by atoms with van der Waals surface area (Å²) >= 11 is 0. The number of aliphatic carboxylic acids is 1. The molecule has 5 nitrogen and oxygen atoms in total. The van der Waals surface area contributed by atoms with Crippen LogP contribution in [-0.4, -0.2) is 21.2 Å². The van der Waals surface area contributed by atoms with Gasteiger partial charge in [-0.1, -0.05) is 31.3 Å². The van der Waals surface area contributed by atoms with Gasteiger partial charge in [0.15, 0.2) is 5.82 Å². The van der Waals surface area contributed by atoms with Crippen molar-refractivity contribution in [1.29, 1.82) is 0 Å². The summed E-state index contributed by atoms with van der Waals surface area (Å²) in [7, 11) is 0. The minimum Gasteiger partial charge on any atom is -0.481 e. The molecule has 0 radical (unpaired) electrons. The second-order valence-corrected chi connectivity index (χ2v) is 6.19. The maximum atomic E-state index is 11.6. The van der Waals surface area contributed by atoms with Gasteiger partial charge in [0.25, 0.3) is 0 Å². The molecule has 2 fully saturated rings. The van der Waals surface area contributed by atoms with Gasteiger partial charge in [0.1, 0.15) is 0 Å². The van der Waals surface area contributed by atoms with Crippen LogP contribution < -0.4 is 0 Å². The summed E-state index contributed by atoms with van der Waals surface area (Å²) < 4.78 is 5.27. The van der Waals surface area contributed by atoms with Gasteiger partial charge in [-0.05, 0) is 25.2 Å². The van der Waals surface area contributed by atoms with Crippen molar-refractivity contribution >= 4 is 5.97 Å². The molecule has 0 saturated heterocycles. The third kappa shape index (κ3) is 2.38. The molecule has 0 bridgehead atoms. The van der Waals surface area contributed by atoms with Crippen LogP contribution in [0.15, 0.2) is 4.52 Å². The van der Waals surface area contributed by atoms with Gasteiger partial charge in [0.05, 0.1) is 5.41 Å². The molecule has 2 saturated carbocycles. The van der Waals surface area contributed by atoms with Gasteiger partial charge in [-0.15, -0.1) is 0 Å². The number of carboxylic acids is 1. The summed E-state index contributed by atoms with van der Waals surface area (Å²) in [6, 6.07) is 0. The average Bonchev–Trinajstić information content (AvgIpc) is 2.95. The van der Waals surface area contributed by atoms with Crippen molar-refractivity contribution in [2.24, 2.45) is 11.3 Å². The molecular weight excluding hydrogens is 244 g/mol. The molecule has 2 aliphatic carbocycles. The van der Waals surface area contributed by atoms with Crippen molar-refractivity contribution < 1.29 is 14.4 Å². The zero-order valence-electron chi connectivity index (χ0n) is 11.3. The first-order chi connectivity index (χ1) is 9.11. The van der Waals surface area contributed by atoms with Crippen molar-refractivity contribution in [3.05, 3.63) is 11.7 Å². The molecule has 0 amide bonds. The highest BCUT2D eigenvalue weighted by atomic mass is 16.5. The number of rotatable bonds is 4. The number of carbonyl (C=O) groups is 1.